The van der Waals surface area contributed by atoms with Crippen LogP contribution in [-0.2, 0) is 17.9 Å². The summed E-state index contributed by atoms with van der Waals surface area (Å²) < 4.78 is 3.79. The van der Waals surface area contributed by atoms with Crippen molar-refractivity contribution in [1.29, 1.82) is 0 Å². The fraction of sp³-hybridized carbons (Fsp3) is 0.381. The number of likely N-dealkylation sites (N-methyl/N-ethyl adjacent to an activating group) is 1. The summed E-state index contributed by atoms with van der Waals surface area (Å²) in [5.41, 5.74) is 1.27. The number of rotatable bonds is 1. The topological polar surface area (TPSA) is 97.9 Å². The molecule has 10 heteroatoms. The third-order valence-corrected chi connectivity index (χ3v) is 6.39. The Morgan fingerprint density at radius 1 is 1.26 bits per heavy atom. The summed E-state index contributed by atoms with van der Waals surface area (Å²) in [6.45, 7) is 6.96. The number of hydrogen-bond donors (Lipinski definition) is 1. The number of aromatic nitrogens is 5. The highest BCUT2D eigenvalue weighted by atomic mass is 16.2. The number of anilines is 2. The summed E-state index contributed by atoms with van der Waals surface area (Å²) in [7, 11) is 1.97. The van der Waals surface area contributed by atoms with Crippen molar-refractivity contribution in [2.75, 3.05) is 32.0 Å². The van der Waals surface area contributed by atoms with Gasteiger partial charge in [0.1, 0.15) is 18.7 Å². The monoisotopic (exact) mass is 421 g/mol. The molecule has 10 nitrogen and oxygen atoms in total. The van der Waals surface area contributed by atoms with Crippen LogP contribution in [0.15, 0.2) is 48.2 Å². The molecule has 0 aromatic carbocycles. The van der Waals surface area contributed by atoms with Crippen molar-refractivity contribution in [3.63, 3.8) is 0 Å². The van der Waals surface area contributed by atoms with Crippen LogP contribution in [0, 0.1) is 5.92 Å². The number of hydrogen-bond acceptors (Lipinski definition) is 7. The molecular weight excluding hydrogens is 396 g/mol. The Hall–Kier alpha value is -3.37. The third kappa shape index (κ3) is 3.33. The van der Waals surface area contributed by atoms with Gasteiger partial charge in [0.15, 0.2) is 0 Å². The fourth-order valence-corrected chi connectivity index (χ4v) is 4.56. The Morgan fingerprint density at radius 2 is 2.10 bits per heavy atom. The Bertz CT molecular complexity index is 1220. The lowest BCUT2D eigenvalue weighted by atomic mass is 9.94. The number of carbonyl (C=O) groups is 1. The van der Waals surface area contributed by atoms with Crippen molar-refractivity contribution in [1.82, 2.24) is 29.3 Å². The Labute approximate surface area is 179 Å². The summed E-state index contributed by atoms with van der Waals surface area (Å²) >= 11 is 0. The van der Waals surface area contributed by atoms with Gasteiger partial charge in [-0.25, -0.2) is 9.78 Å². The van der Waals surface area contributed by atoms with E-state index in [-0.39, 0.29) is 16.1 Å². The first-order chi connectivity index (χ1) is 15.0. The van der Waals surface area contributed by atoms with E-state index in [0.717, 1.165) is 17.5 Å². The van der Waals surface area contributed by atoms with Crippen LogP contribution < -0.4 is 10.9 Å². The summed E-state index contributed by atoms with van der Waals surface area (Å²) in [6, 6.07) is 3.30. The van der Waals surface area contributed by atoms with E-state index in [2.05, 4.69) is 32.0 Å². The molecule has 6 rings (SSSR count). The van der Waals surface area contributed by atoms with Crippen LogP contribution in [-0.4, -0.2) is 66.5 Å². The molecule has 0 saturated carbocycles. The Kier molecular flexibility index (Phi) is 4.67. The molecule has 3 aromatic heterocycles. The summed E-state index contributed by atoms with van der Waals surface area (Å²) in [5.74, 6) is 0.756. The van der Waals surface area contributed by atoms with Crippen molar-refractivity contribution in [2.45, 2.75) is 19.5 Å². The Morgan fingerprint density at radius 3 is 2.90 bits per heavy atom. The lowest BCUT2D eigenvalue weighted by Gasteiger charge is -2.51. The fourth-order valence-electron chi connectivity index (χ4n) is 4.56. The number of amides is 1. The largest absolute Gasteiger partial charge is 0.357 e. The standard InChI is InChI=1S/C21H24N8O2/c1-3-19(31)29-13-15(14-29)6-7-28-18(30)5-4-16-10-22-21(25-20(16)28)24-17-11-23-27(12-17)9-8-26(29)2/h3-5,10-12,15H,1,6-9,13-14H2,2H3/p+1. The number of nitrogens with zero attached hydrogens (tertiary/aromatic N) is 7. The number of quaternary nitrogens is 1. The average molecular weight is 421 g/mol. The quantitative estimate of drug-likeness (QED) is 0.465. The van der Waals surface area contributed by atoms with Crippen molar-refractivity contribution in [2.24, 2.45) is 5.92 Å². The predicted octanol–water partition coefficient (Wildman–Crippen LogP) is 1.14. The molecule has 0 unspecified atom stereocenters. The first-order valence-corrected chi connectivity index (χ1v) is 10.4. The van der Waals surface area contributed by atoms with E-state index < -0.39 is 0 Å². The highest BCUT2D eigenvalue weighted by Crippen LogP contribution is 2.32. The molecule has 1 saturated heterocycles. The van der Waals surface area contributed by atoms with Gasteiger partial charge in [-0.3, -0.25) is 14.0 Å². The van der Waals surface area contributed by atoms with Crippen molar-refractivity contribution >= 4 is 28.6 Å². The van der Waals surface area contributed by atoms with Gasteiger partial charge in [-0.15, -0.1) is 5.01 Å². The minimum Gasteiger partial charge on any atom is -0.321 e. The van der Waals surface area contributed by atoms with Crippen molar-refractivity contribution < 1.29 is 9.39 Å². The van der Waals surface area contributed by atoms with Crippen molar-refractivity contribution in [3.05, 3.63) is 53.7 Å². The molecule has 3 aromatic rings. The molecule has 6 heterocycles. The molecule has 3 aliphatic rings. The molecule has 1 fully saturated rings. The lowest BCUT2D eigenvalue weighted by molar-refractivity contribution is -1.01. The zero-order chi connectivity index (χ0) is 21.6. The highest BCUT2D eigenvalue weighted by molar-refractivity contribution is 5.81. The van der Waals surface area contributed by atoms with Gasteiger partial charge in [-0.2, -0.15) is 14.7 Å². The molecule has 0 radical (unpaired) electrons. The highest BCUT2D eigenvalue weighted by Gasteiger charge is 2.52. The van der Waals surface area contributed by atoms with Crippen LogP contribution in [0.1, 0.15) is 6.42 Å². The van der Waals surface area contributed by atoms with E-state index in [1.165, 1.54) is 6.08 Å². The van der Waals surface area contributed by atoms with Crippen molar-refractivity contribution in [3.8, 4) is 0 Å². The lowest BCUT2D eigenvalue weighted by Crippen LogP contribution is -2.73. The first kappa shape index (κ1) is 19.6. The summed E-state index contributed by atoms with van der Waals surface area (Å²) in [5, 5.41) is 10.4. The summed E-state index contributed by atoms with van der Waals surface area (Å²) in [6.07, 6.45) is 7.52. The number of pyridine rings is 1. The van der Waals surface area contributed by atoms with E-state index >= 15 is 0 Å². The zero-order valence-electron chi connectivity index (χ0n) is 17.4. The van der Waals surface area contributed by atoms with Gasteiger partial charge in [0, 0.05) is 43.5 Å². The SMILES string of the molecule is C=CC(=O)[N+]12CC(CCn3c(=O)ccc4cnc(nc43)Nc3cnn(c3)CCN1C)C2. The number of fused-ring (bicyclic) bond motifs is 3. The molecular formula is C21H25N8O2+. The smallest absolute Gasteiger partial charge is 0.321 e. The molecule has 1 N–H and O–H groups in total. The second-order valence-electron chi connectivity index (χ2n) is 8.28. The molecule has 3 aliphatic heterocycles. The van der Waals surface area contributed by atoms with Gasteiger partial charge in [-0.05, 0) is 12.5 Å². The van der Waals surface area contributed by atoms with Gasteiger partial charge in [0.2, 0.25) is 5.95 Å². The van der Waals surface area contributed by atoms with E-state index in [0.29, 0.717) is 50.2 Å². The van der Waals surface area contributed by atoms with Crippen LogP contribution in [0.25, 0.3) is 11.0 Å². The normalized spacial score (nSPS) is 23.8. The average Bonchev–Trinajstić information content (AvgIpc) is 3.18. The van der Waals surface area contributed by atoms with Crippen LogP contribution >= 0.6 is 0 Å². The first-order valence-electron chi connectivity index (χ1n) is 10.4. The van der Waals surface area contributed by atoms with E-state index in [9.17, 15) is 9.59 Å². The molecule has 0 atom stereocenters. The number of aryl methyl sites for hydroxylation is 1. The maximum Gasteiger partial charge on any atom is 0.357 e. The summed E-state index contributed by atoms with van der Waals surface area (Å²) in [4.78, 5) is 34.3. The van der Waals surface area contributed by atoms with E-state index in [4.69, 9.17) is 0 Å². The molecule has 1 amide bonds. The van der Waals surface area contributed by atoms with Gasteiger partial charge in [0.25, 0.3) is 5.56 Å². The molecule has 160 valence electrons. The van der Waals surface area contributed by atoms with Crippen LogP contribution in [0.5, 0.6) is 0 Å². The second kappa shape index (κ2) is 7.40. The van der Waals surface area contributed by atoms with Crippen LogP contribution in [0.3, 0.4) is 0 Å². The predicted molar refractivity (Wildman–Crippen MR) is 115 cm³/mol. The molecule has 31 heavy (non-hydrogen) atoms. The van der Waals surface area contributed by atoms with Crippen LogP contribution in [0.4, 0.5) is 11.6 Å². The van der Waals surface area contributed by atoms with E-state index in [1.54, 1.807) is 29.1 Å². The van der Waals surface area contributed by atoms with Crippen LogP contribution in [0.2, 0.25) is 0 Å². The molecule has 0 aliphatic carbocycles. The maximum absolute atomic E-state index is 12.7. The molecule has 6 bridgehead atoms. The minimum atomic E-state index is -0.0922. The zero-order valence-corrected chi connectivity index (χ0v) is 17.4. The number of carbonyl (C=O) groups excluding carboxylic acids is 1. The minimum absolute atomic E-state index is 0.00222. The van der Waals surface area contributed by atoms with Gasteiger partial charge in [-0.1, -0.05) is 6.58 Å². The van der Waals surface area contributed by atoms with E-state index in [1.807, 2.05) is 17.9 Å². The maximum atomic E-state index is 12.7. The third-order valence-electron chi connectivity index (χ3n) is 6.39. The molecule has 0 spiro atoms. The van der Waals surface area contributed by atoms with Gasteiger partial charge < -0.3 is 5.32 Å². The van der Waals surface area contributed by atoms with Gasteiger partial charge in [0.05, 0.1) is 30.9 Å². The van der Waals surface area contributed by atoms with Gasteiger partial charge >= 0.3 is 5.91 Å². The Balaban J connectivity index is 1.55. The number of nitrogens with one attached hydrogen (secondary N) is 1. The second-order valence-corrected chi connectivity index (χ2v) is 8.28.